The highest BCUT2D eigenvalue weighted by molar-refractivity contribution is 6.32. The van der Waals surface area contributed by atoms with Crippen molar-refractivity contribution in [3.8, 4) is 5.69 Å². The van der Waals surface area contributed by atoms with E-state index in [0.29, 0.717) is 0 Å². The van der Waals surface area contributed by atoms with Crippen molar-refractivity contribution in [3.63, 3.8) is 0 Å². The molecule has 1 fully saturated rings. The molecule has 4 nitrogen and oxygen atoms in total. The Hall–Kier alpha value is -1.73. The highest BCUT2D eigenvalue weighted by Crippen LogP contribution is 2.36. The Labute approximate surface area is 154 Å². The van der Waals surface area contributed by atoms with Crippen molar-refractivity contribution in [3.05, 3.63) is 40.0 Å². The van der Waals surface area contributed by atoms with E-state index in [4.69, 9.17) is 11.6 Å². The van der Waals surface area contributed by atoms with Crippen molar-refractivity contribution in [2.24, 2.45) is 0 Å². The lowest BCUT2D eigenvalue weighted by molar-refractivity contribution is -0.137. The number of hydrogen-bond acceptors (Lipinski definition) is 3. The number of anilines is 1. The summed E-state index contributed by atoms with van der Waals surface area (Å²) in [4.78, 5) is 2.36. The lowest BCUT2D eigenvalue weighted by atomic mass is 10.1. The number of benzene rings is 1. The molecule has 8 heteroatoms. The van der Waals surface area contributed by atoms with Gasteiger partial charge in [-0.15, -0.1) is 0 Å². The van der Waals surface area contributed by atoms with Crippen molar-refractivity contribution in [2.75, 3.05) is 25.0 Å². The molecule has 0 saturated carbocycles. The summed E-state index contributed by atoms with van der Waals surface area (Å²) in [5, 5.41) is 8.14. The fourth-order valence-corrected chi connectivity index (χ4v) is 3.93. The molecule has 2 aromatic rings. The van der Waals surface area contributed by atoms with Crippen LogP contribution < -0.4 is 5.32 Å². The van der Waals surface area contributed by atoms with Gasteiger partial charge in [0.25, 0.3) is 0 Å². The van der Waals surface area contributed by atoms with Crippen LogP contribution in [-0.4, -0.2) is 34.3 Å². The van der Waals surface area contributed by atoms with E-state index in [1.807, 2.05) is 0 Å². The van der Waals surface area contributed by atoms with Crippen molar-refractivity contribution in [1.82, 2.24) is 14.7 Å². The molecule has 0 aliphatic carbocycles. The molecule has 2 aliphatic heterocycles. The maximum absolute atomic E-state index is 13.1. The molecule has 26 heavy (non-hydrogen) atoms. The summed E-state index contributed by atoms with van der Waals surface area (Å²) in [6.07, 6.45) is 0.0282. The third kappa shape index (κ3) is 3.30. The summed E-state index contributed by atoms with van der Waals surface area (Å²) in [6, 6.07) is 3.35. The highest BCUT2D eigenvalue weighted by atomic mass is 35.5. The Morgan fingerprint density at radius 3 is 2.65 bits per heavy atom. The number of nitrogens with zero attached hydrogens (tertiary/aromatic N) is 3. The Morgan fingerprint density at radius 2 is 1.92 bits per heavy atom. The van der Waals surface area contributed by atoms with Gasteiger partial charge in [0.2, 0.25) is 0 Å². The lowest BCUT2D eigenvalue weighted by Crippen LogP contribution is -2.29. The second kappa shape index (κ2) is 6.78. The number of alkyl halides is 3. The number of piperidine rings is 1. The van der Waals surface area contributed by atoms with Crippen LogP contribution in [0.25, 0.3) is 5.69 Å². The quantitative estimate of drug-likeness (QED) is 0.845. The normalized spacial score (nSPS) is 18.0. The number of halogens is 4. The van der Waals surface area contributed by atoms with Crippen molar-refractivity contribution in [2.45, 2.75) is 38.4 Å². The summed E-state index contributed by atoms with van der Waals surface area (Å²) in [6.45, 7) is 3.57. The molecule has 0 spiro atoms. The maximum atomic E-state index is 13.1. The molecule has 1 aromatic carbocycles. The molecule has 1 saturated heterocycles. The Balaban J connectivity index is 1.72. The van der Waals surface area contributed by atoms with Gasteiger partial charge in [0.05, 0.1) is 22.0 Å². The summed E-state index contributed by atoms with van der Waals surface area (Å²) in [5.74, 6) is 0.762. The number of rotatable bonds is 3. The Morgan fingerprint density at radius 1 is 1.15 bits per heavy atom. The van der Waals surface area contributed by atoms with Gasteiger partial charge in [0.15, 0.2) is 0 Å². The van der Waals surface area contributed by atoms with Gasteiger partial charge in [-0.3, -0.25) is 4.90 Å². The topological polar surface area (TPSA) is 33.1 Å². The minimum Gasteiger partial charge on any atom is -0.369 e. The van der Waals surface area contributed by atoms with E-state index in [2.05, 4.69) is 15.3 Å². The van der Waals surface area contributed by atoms with Crippen LogP contribution in [-0.2, 0) is 19.1 Å². The first kappa shape index (κ1) is 17.7. The van der Waals surface area contributed by atoms with E-state index < -0.39 is 11.7 Å². The summed E-state index contributed by atoms with van der Waals surface area (Å²) >= 11 is 6.22. The van der Waals surface area contributed by atoms with Crippen LogP contribution in [0.4, 0.5) is 19.0 Å². The molecule has 0 radical (unpaired) electrons. The monoisotopic (exact) mass is 384 g/mol. The maximum Gasteiger partial charge on any atom is 0.416 e. The second-order valence-electron chi connectivity index (χ2n) is 6.86. The number of fused-ring (bicyclic) bond motifs is 1. The number of hydrogen-bond donors (Lipinski definition) is 1. The molecule has 0 unspecified atom stereocenters. The van der Waals surface area contributed by atoms with E-state index in [-0.39, 0.29) is 10.7 Å². The Bertz CT molecular complexity index is 809. The number of aromatic nitrogens is 2. The fourth-order valence-electron chi connectivity index (χ4n) is 3.73. The first-order valence-corrected chi connectivity index (χ1v) is 9.25. The zero-order valence-corrected chi connectivity index (χ0v) is 15.0. The van der Waals surface area contributed by atoms with Crippen LogP contribution in [0.2, 0.25) is 5.02 Å². The zero-order chi connectivity index (χ0) is 18.3. The third-order valence-electron chi connectivity index (χ3n) is 5.06. The lowest BCUT2D eigenvalue weighted by Gasteiger charge is -2.25. The highest BCUT2D eigenvalue weighted by Gasteiger charge is 2.32. The van der Waals surface area contributed by atoms with Gasteiger partial charge in [0.1, 0.15) is 5.82 Å². The minimum absolute atomic E-state index is 0.251. The Kier molecular flexibility index (Phi) is 4.61. The predicted octanol–water partition coefficient (Wildman–Crippen LogP) is 4.50. The molecule has 4 rings (SSSR count). The van der Waals surface area contributed by atoms with Crippen molar-refractivity contribution >= 4 is 17.4 Å². The van der Waals surface area contributed by atoms with Crippen LogP contribution >= 0.6 is 11.6 Å². The fraction of sp³-hybridized carbons (Fsp3) is 0.500. The van der Waals surface area contributed by atoms with Crippen LogP contribution in [0.3, 0.4) is 0 Å². The second-order valence-corrected chi connectivity index (χ2v) is 7.27. The van der Waals surface area contributed by atoms with Crippen LogP contribution in [0.5, 0.6) is 0 Å². The average molecular weight is 385 g/mol. The van der Waals surface area contributed by atoms with Gasteiger partial charge in [-0.25, -0.2) is 4.68 Å². The summed E-state index contributed by atoms with van der Waals surface area (Å²) < 4.78 is 40.9. The first-order valence-electron chi connectivity index (χ1n) is 8.87. The molecule has 140 valence electrons. The molecule has 1 N–H and O–H groups in total. The van der Waals surface area contributed by atoms with Gasteiger partial charge in [-0.1, -0.05) is 18.0 Å². The number of nitrogens with one attached hydrogen (secondary N) is 1. The molecule has 2 aliphatic rings. The predicted molar refractivity (Wildman–Crippen MR) is 94.9 cm³/mol. The number of likely N-dealkylation sites (tertiary alicyclic amines) is 1. The van der Waals surface area contributed by atoms with E-state index in [0.717, 1.165) is 61.8 Å². The first-order chi connectivity index (χ1) is 12.4. The van der Waals surface area contributed by atoms with Gasteiger partial charge < -0.3 is 5.32 Å². The van der Waals surface area contributed by atoms with Crippen LogP contribution in [0.15, 0.2) is 18.2 Å². The molecule has 0 bridgehead atoms. The zero-order valence-electron chi connectivity index (χ0n) is 14.2. The van der Waals surface area contributed by atoms with Gasteiger partial charge in [-0.2, -0.15) is 18.3 Å². The summed E-state index contributed by atoms with van der Waals surface area (Å²) in [5.41, 5.74) is 1.55. The largest absolute Gasteiger partial charge is 0.416 e. The van der Waals surface area contributed by atoms with Gasteiger partial charge in [-0.05, 0) is 50.6 Å². The SMILES string of the molecule is FC(F)(F)c1ccc(Cl)c(-n2nc(CN3CCCCC3)c3c2NCC3)c1. The van der Waals surface area contributed by atoms with Crippen molar-refractivity contribution in [1.29, 1.82) is 0 Å². The van der Waals surface area contributed by atoms with Crippen LogP contribution in [0, 0.1) is 0 Å². The third-order valence-corrected chi connectivity index (χ3v) is 5.38. The molecule has 0 amide bonds. The molecule has 1 aromatic heterocycles. The molecular formula is C18H20ClF3N4. The van der Waals surface area contributed by atoms with E-state index in [1.54, 1.807) is 4.68 Å². The van der Waals surface area contributed by atoms with Gasteiger partial charge in [0, 0.05) is 18.7 Å². The molecule has 3 heterocycles. The molecule has 0 atom stereocenters. The smallest absolute Gasteiger partial charge is 0.369 e. The van der Waals surface area contributed by atoms with Crippen molar-refractivity contribution < 1.29 is 13.2 Å². The van der Waals surface area contributed by atoms with E-state index in [9.17, 15) is 13.2 Å². The van der Waals surface area contributed by atoms with Gasteiger partial charge >= 0.3 is 6.18 Å². The standard InChI is InChI=1S/C18H20ClF3N4/c19-14-5-4-12(18(20,21)22)10-16(14)26-17-13(6-7-23-17)15(24-26)11-25-8-2-1-3-9-25/h4-5,10,23H,1-3,6-9,11H2. The average Bonchev–Trinajstić information content (AvgIpc) is 3.19. The minimum atomic E-state index is -4.42. The van der Waals surface area contributed by atoms with E-state index in [1.165, 1.54) is 25.3 Å². The van der Waals surface area contributed by atoms with Crippen LogP contribution in [0.1, 0.15) is 36.1 Å². The summed E-state index contributed by atoms with van der Waals surface area (Å²) in [7, 11) is 0. The van der Waals surface area contributed by atoms with E-state index >= 15 is 0 Å². The molecular weight excluding hydrogens is 365 g/mol.